The Morgan fingerprint density at radius 3 is 2.08 bits per heavy atom. The van der Waals surface area contributed by atoms with Crippen LogP contribution in [-0.2, 0) is 0 Å². The second-order valence-corrected chi connectivity index (χ2v) is 15.5. The fourth-order valence-electron chi connectivity index (χ4n) is 10.0. The third-order valence-corrected chi connectivity index (χ3v) is 11.6. The molecule has 7 heteroatoms. The average Bonchev–Trinajstić information content (AvgIpc) is 2.71. The largest absolute Gasteiger partial charge is 0.412 e. The van der Waals surface area contributed by atoms with Gasteiger partial charge in [0.2, 0.25) is 0 Å². The van der Waals surface area contributed by atoms with E-state index < -0.39 is 0 Å². The first-order valence-electron chi connectivity index (χ1n) is 14.9. The van der Waals surface area contributed by atoms with E-state index in [0.29, 0.717) is 28.2 Å². The van der Waals surface area contributed by atoms with Crippen LogP contribution < -0.4 is 5.32 Å². The number of hydrogen-bond donors (Lipinski definition) is 2. The van der Waals surface area contributed by atoms with Crippen molar-refractivity contribution in [2.75, 3.05) is 26.2 Å². The summed E-state index contributed by atoms with van der Waals surface area (Å²) in [6.45, 7) is 14.7. The standard InChI is InChI=1S/C30H53ClN2O.CH4.3H2O/c1-21(2)27(32-11-10-29-14-22-13-23(15-29)17-30(34,16-22)19-29)18-33-12-9-26(28(3,4)20-33)24-5-7-25(31)8-6-24;;;;/h21-27,32,34H,5-20H2,1-4H3;1H4;3*1H2/t22?,23?,24?,25?,26?,27-,29?,30?;;;;/m0..../s1. The third-order valence-electron chi connectivity index (χ3n) is 11.1. The van der Waals surface area contributed by atoms with Gasteiger partial charge in [0.05, 0.1) is 5.60 Å². The van der Waals surface area contributed by atoms with Gasteiger partial charge in [0, 0.05) is 24.5 Å². The second-order valence-electron chi connectivity index (χ2n) is 14.9. The summed E-state index contributed by atoms with van der Waals surface area (Å²) in [5.74, 6) is 4.01. The Morgan fingerprint density at radius 2 is 1.55 bits per heavy atom. The van der Waals surface area contributed by atoms with Crippen molar-refractivity contribution in [2.24, 2.45) is 40.4 Å². The molecule has 5 saturated carbocycles. The minimum absolute atomic E-state index is 0. The van der Waals surface area contributed by atoms with Gasteiger partial charge in [-0.25, -0.2) is 0 Å². The highest BCUT2D eigenvalue weighted by atomic mass is 35.5. The van der Waals surface area contributed by atoms with Gasteiger partial charge in [-0.3, -0.25) is 0 Å². The van der Waals surface area contributed by atoms with Gasteiger partial charge in [-0.05, 0) is 131 Å². The van der Waals surface area contributed by atoms with Crippen LogP contribution in [0.5, 0.6) is 0 Å². The van der Waals surface area contributed by atoms with Gasteiger partial charge in [-0.2, -0.15) is 0 Å². The first kappa shape index (κ1) is 36.1. The fourth-order valence-corrected chi connectivity index (χ4v) is 10.3. The summed E-state index contributed by atoms with van der Waals surface area (Å²) < 4.78 is 0. The smallest absolute Gasteiger partial charge is 0.0658 e. The van der Waals surface area contributed by atoms with Crippen molar-refractivity contribution in [3.05, 3.63) is 0 Å². The van der Waals surface area contributed by atoms with E-state index in [1.807, 2.05) is 0 Å². The molecular weight excluding hydrogens is 500 g/mol. The number of rotatable bonds is 8. The van der Waals surface area contributed by atoms with Crippen LogP contribution in [0.2, 0.25) is 0 Å². The molecule has 5 aliphatic carbocycles. The van der Waals surface area contributed by atoms with Gasteiger partial charge in [0.15, 0.2) is 0 Å². The van der Waals surface area contributed by atoms with Crippen molar-refractivity contribution in [3.63, 3.8) is 0 Å². The van der Waals surface area contributed by atoms with Crippen molar-refractivity contribution in [1.29, 1.82) is 0 Å². The van der Waals surface area contributed by atoms with Gasteiger partial charge in [0.25, 0.3) is 0 Å². The summed E-state index contributed by atoms with van der Waals surface area (Å²) in [4.78, 5) is 2.77. The molecule has 0 amide bonds. The number of likely N-dealkylation sites (tertiary alicyclic amines) is 1. The molecular formula is C31H63ClN2O4. The van der Waals surface area contributed by atoms with Crippen LogP contribution in [0.1, 0.15) is 112 Å². The maximum absolute atomic E-state index is 11.1. The predicted molar refractivity (Wildman–Crippen MR) is 161 cm³/mol. The number of halogens is 1. The van der Waals surface area contributed by atoms with Gasteiger partial charge in [-0.1, -0.05) is 35.1 Å². The minimum atomic E-state index is -0.319. The van der Waals surface area contributed by atoms with Gasteiger partial charge in [0.1, 0.15) is 0 Å². The molecule has 0 spiro atoms. The molecule has 8 N–H and O–H groups in total. The molecule has 1 aliphatic heterocycles. The van der Waals surface area contributed by atoms with Crippen molar-refractivity contribution in [3.8, 4) is 0 Å². The van der Waals surface area contributed by atoms with Gasteiger partial charge in [-0.15, -0.1) is 11.6 Å². The molecule has 1 heterocycles. The Kier molecular flexibility index (Phi) is 13.1. The van der Waals surface area contributed by atoms with E-state index in [-0.39, 0.29) is 29.5 Å². The first-order chi connectivity index (χ1) is 16.0. The summed E-state index contributed by atoms with van der Waals surface area (Å²) in [7, 11) is 0. The Morgan fingerprint density at radius 1 is 0.947 bits per heavy atom. The van der Waals surface area contributed by atoms with E-state index in [4.69, 9.17) is 11.6 Å². The van der Waals surface area contributed by atoms with E-state index in [1.165, 1.54) is 77.4 Å². The molecule has 0 aromatic carbocycles. The highest BCUT2D eigenvalue weighted by Gasteiger charge is 2.56. The van der Waals surface area contributed by atoms with E-state index in [2.05, 4.69) is 37.9 Å². The van der Waals surface area contributed by atoms with E-state index in [0.717, 1.165) is 49.5 Å². The number of piperidine rings is 1. The quantitative estimate of drug-likeness (QED) is 0.418. The normalized spacial score (nSPS) is 40.3. The van der Waals surface area contributed by atoms with Gasteiger partial charge >= 0.3 is 0 Å². The SMILES string of the molecule is C.CC(C)[C@H](CN1CCC(C2CCC(Cl)CC2)C(C)(C)C1)NCCC12CC3CC(CC(O)(C3)C1)C2.O.O.O. The van der Waals surface area contributed by atoms with Crippen LogP contribution in [0.25, 0.3) is 0 Å². The summed E-state index contributed by atoms with van der Waals surface area (Å²) in [5, 5.41) is 15.6. The summed E-state index contributed by atoms with van der Waals surface area (Å²) in [5.41, 5.74) is 0.508. The molecule has 3 unspecified atom stereocenters. The summed E-state index contributed by atoms with van der Waals surface area (Å²) >= 11 is 6.41. The molecule has 0 aromatic heterocycles. The molecule has 6 nitrogen and oxygen atoms in total. The molecule has 6 aliphatic rings. The van der Waals surface area contributed by atoms with E-state index >= 15 is 0 Å². The number of nitrogens with one attached hydrogen (secondary N) is 1. The number of nitrogens with zero attached hydrogens (tertiary/aromatic N) is 1. The molecule has 4 bridgehead atoms. The average molecular weight is 563 g/mol. The van der Waals surface area contributed by atoms with Crippen molar-refractivity contribution in [1.82, 2.24) is 10.2 Å². The first-order valence-corrected chi connectivity index (χ1v) is 15.3. The van der Waals surface area contributed by atoms with Crippen molar-refractivity contribution < 1.29 is 21.5 Å². The van der Waals surface area contributed by atoms with Crippen LogP contribution in [-0.4, -0.2) is 69.6 Å². The zero-order valence-corrected chi connectivity index (χ0v) is 24.9. The van der Waals surface area contributed by atoms with Crippen molar-refractivity contribution >= 4 is 11.6 Å². The van der Waals surface area contributed by atoms with Gasteiger partial charge < -0.3 is 31.8 Å². The lowest BCUT2D eigenvalue weighted by Crippen LogP contribution is -2.56. The minimum Gasteiger partial charge on any atom is -0.412 e. The maximum Gasteiger partial charge on any atom is 0.0658 e. The Labute approximate surface area is 239 Å². The van der Waals surface area contributed by atoms with E-state index in [9.17, 15) is 5.11 Å². The lowest BCUT2D eigenvalue weighted by Gasteiger charge is -2.60. The highest BCUT2D eigenvalue weighted by molar-refractivity contribution is 6.20. The molecule has 6 fully saturated rings. The van der Waals surface area contributed by atoms with Crippen LogP contribution in [0.15, 0.2) is 0 Å². The number of hydrogen-bond acceptors (Lipinski definition) is 3. The maximum atomic E-state index is 11.1. The molecule has 38 heavy (non-hydrogen) atoms. The van der Waals surface area contributed by atoms with Crippen LogP contribution in [0.3, 0.4) is 0 Å². The molecule has 1 saturated heterocycles. The molecule has 6 rings (SSSR count). The molecule has 0 aromatic rings. The highest BCUT2D eigenvalue weighted by Crippen LogP contribution is 2.62. The molecule has 4 atom stereocenters. The van der Waals surface area contributed by atoms with Crippen LogP contribution in [0.4, 0.5) is 0 Å². The lowest BCUT2D eigenvalue weighted by atomic mass is 9.47. The zero-order valence-electron chi connectivity index (χ0n) is 24.1. The third kappa shape index (κ3) is 7.86. The summed E-state index contributed by atoms with van der Waals surface area (Å²) in [6.07, 6.45) is 15.2. The molecule has 0 radical (unpaired) electrons. The van der Waals surface area contributed by atoms with Crippen LogP contribution in [0, 0.1) is 40.4 Å². The van der Waals surface area contributed by atoms with Crippen molar-refractivity contribution in [2.45, 2.75) is 129 Å². The predicted octanol–water partition coefficient (Wildman–Crippen LogP) is 4.63. The van der Waals surface area contributed by atoms with E-state index in [1.54, 1.807) is 0 Å². The lowest BCUT2D eigenvalue weighted by molar-refractivity contribution is -0.165. The Bertz CT molecular complexity index is 698. The Balaban J connectivity index is 0.00000180. The monoisotopic (exact) mass is 562 g/mol. The Hall–Kier alpha value is 0.0500. The summed E-state index contributed by atoms with van der Waals surface area (Å²) in [6, 6.07) is 0.566. The second kappa shape index (κ2) is 13.8. The van der Waals surface area contributed by atoms with Crippen LogP contribution >= 0.6 is 11.6 Å². The molecule has 228 valence electrons. The fraction of sp³-hybridized carbons (Fsp3) is 1.00. The zero-order chi connectivity index (χ0) is 24.1. The number of alkyl halides is 1. The topological polar surface area (TPSA) is 130 Å². The number of aliphatic hydroxyl groups is 1.